The van der Waals surface area contributed by atoms with Crippen molar-refractivity contribution in [3.8, 4) is 0 Å². The van der Waals surface area contributed by atoms with Crippen LogP contribution < -0.4 is 5.73 Å². The van der Waals surface area contributed by atoms with Crippen molar-refractivity contribution in [3.05, 3.63) is 41.1 Å². The zero-order valence-electron chi connectivity index (χ0n) is 15.2. The second kappa shape index (κ2) is 7.64. The number of nitrogens with zero attached hydrogens (tertiary/aromatic N) is 2. The second-order valence-electron chi connectivity index (χ2n) is 7.92. The first-order valence-corrected chi connectivity index (χ1v) is 8.75. The third-order valence-electron chi connectivity index (χ3n) is 4.59. The Balaban J connectivity index is 2.18. The molecule has 2 rings (SSSR count). The van der Waals surface area contributed by atoms with Gasteiger partial charge in [0.05, 0.1) is 6.04 Å². The lowest BCUT2D eigenvalue weighted by molar-refractivity contribution is -0.146. The molecule has 1 aliphatic rings. The van der Waals surface area contributed by atoms with Crippen molar-refractivity contribution >= 4 is 5.91 Å². The maximum atomic E-state index is 13.1. The van der Waals surface area contributed by atoms with Gasteiger partial charge in [-0.05, 0) is 38.2 Å². The Bertz CT molecular complexity index is 543. The molecule has 2 unspecified atom stereocenters. The summed E-state index contributed by atoms with van der Waals surface area (Å²) in [6, 6.07) is 9.16. The minimum Gasteiger partial charge on any atom is -0.785 e. The molecule has 2 N–H and O–H groups in total. The molecule has 5 heteroatoms. The SMILES string of the molecule is CC(C)CC1CN([O-])CC(C)(C)N1C(=O)C(N)Cc1ccccc1. The van der Waals surface area contributed by atoms with Gasteiger partial charge < -0.3 is 20.9 Å². The van der Waals surface area contributed by atoms with Gasteiger partial charge in [-0.1, -0.05) is 44.2 Å². The number of hydrogen-bond acceptors (Lipinski definition) is 4. The molecule has 1 amide bonds. The summed E-state index contributed by atoms with van der Waals surface area (Å²) in [4.78, 5) is 15.0. The Morgan fingerprint density at radius 3 is 2.54 bits per heavy atom. The molecule has 0 aromatic heterocycles. The third kappa shape index (κ3) is 4.56. The van der Waals surface area contributed by atoms with Gasteiger partial charge in [0.1, 0.15) is 0 Å². The number of hydrogen-bond donors (Lipinski definition) is 1. The standard InChI is InChI=1S/C19H30N3O2/c1-14(2)10-16-12-21(24)13-19(3,4)22(16)18(23)17(20)11-15-8-6-5-7-9-15/h5-9,14,16-17H,10-13,20H2,1-4H3/q-1. The average molecular weight is 332 g/mol. The molecule has 1 fully saturated rings. The fraction of sp³-hybridized carbons (Fsp3) is 0.632. The Morgan fingerprint density at radius 1 is 1.33 bits per heavy atom. The zero-order valence-corrected chi connectivity index (χ0v) is 15.2. The van der Waals surface area contributed by atoms with Gasteiger partial charge in [-0.15, -0.1) is 0 Å². The molecule has 0 aliphatic carbocycles. The van der Waals surface area contributed by atoms with Crippen molar-refractivity contribution < 1.29 is 4.79 Å². The van der Waals surface area contributed by atoms with Crippen LogP contribution in [0.15, 0.2) is 30.3 Å². The third-order valence-corrected chi connectivity index (χ3v) is 4.59. The van der Waals surface area contributed by atoms with E-state index < -0.39 is 11.6 Å². The van der Waals surface area contributed by atoms with Crippen LogP contribution in [-0.4, -0.2) is 46.6 Å². The molecule has 5 nitrogen and oxygen atoms in total. The summed E-state index contributed by atoms with van der Waals surface area (Å²) >= 11 is 0. The normalized spacial score (nSPS) is 22.6. The van der Waals surface area contributed by atoms with Gasteiger partial charge in [0, 0.05) is 24.7 Å². The number of benzene rings is 1. The largest absolute Gasteiger partial charge is 0.785 e. The molecule has 0 radical (unpaired) electrons. The molecule has 1 aromatic rings. The predicted octanol–water partition coefficient (Wildman–Crippen LogP) is 2.39. The minimum atomic E-state index is -0.584. The summed E-state index contributed by atoms with van der Waals surface area (Å²) in [5.41, 5.74) is 6.79. The summed E-state index contributed by atoms with van der Waals surface area (Å²) in [6.07, 6.45) is 1.33. The van der Waals surface area contributed by atoms with Crippen LogP contribution in [0.25, 0.3) is 0 Å². The highest BCUT2D eigenvalue weighted by atomic mass is 16.5. The van der Waals surface area contributed by atoms with Crippen molar-refractivity contribution in [1.29, 1.82) is 0 Å². The monoisotopic (exact) mass is 332 g/mol. The van der Waals surface area contributed by atoms with Crippen LogP contribution in [0.2, 0.25) is 0 Å². The molecule has 1 saturated heterocycles. The van der Waals surface area contributed by atoms with E-state index in [0.717, 1.165) is 17.0 Å². The van der Waals surface area contributed by atoms with Crippen LogP contribution in [0.1, 0.15) is 39.7 Å². The molecular weight excluding hydrogens is 302 g/mol. The van der Waals surface area contributed by atoms with Gasteiger partial charge in [-0.3, -0.25) is 4.79 Å². The van der Waals surface area contributed by atoms with Gasteiger partial charge in [0.25, 0.3) is 0 Å². The molecule has 0 bridgehead atoms. The summed E-state index contributed by atoms with van der Waals surface area (Å²) < 4.78 is 0. The van der Waals surface area contributed by atoms with E-state index in [1.165, 1.54) is 0 Å². The Morgan fingerprint density at radius 2 is 1.96 bits per heavy atom. The second-order valence-corrected chi connectivity index (χ2v) is 7.92. The Labute approximate surface area is 145 Å². The van der Waals surface area contributed by atoms with Gasteiger partial charge in [-0.2, -0.15) is 0 Å². The van der Waals surface area contributed by atoms with E-state index in [0.29, 0.717) is 25.4 Å². The smallest absolute Gasteiger partial charge is 0.240 e. The van der Waals surface area contributed by atoms with Crippen molar-refractivity contribution in [2.75, 3.05) is 13.1 Å². The number of hydroxylamine groups is 2. The minimum absolute atomic E-state index is 0.0531. The fourth-order valence-corrected chi connectivity index (χ4v) is 3.72. The molecular formula is C19H30N3O2-. The van der Waals surface area contributed by atoms with Crippen molar-refractivity contribution in [3.63, 3.8) is 0 Å². The van der Waals surface area contributed by atoms with E-state index in [4.69, 9.17) is 5.73 Å². The number of amides is 1. The lowest BCUT2D eigenvalue weighted by atomic mass is 9.90. The number of carbonyl (C=O) groups is 1. The van der Waals surface area contributed by atoms with Gasteiger partial charge >= 0.3 is 0 Å². The molecule has 134 valence electrons. The summed E-state index contributed by atoms with van der Waals surface area (Å²) in [5.74, 6) is 0.362. The van der Waals surface area contributed by atoms with Crippen molar-refractivity contribution in [2.24, 2.45) is 11.7 Å². The number of nitrogens with two attached hydrogens (primary N) is 1. The molecule has 2 atom stereocenters. The first kappa shape index (κ1) is 18.9. The van der Waals surface area contributed by atoms with Crippen LogP contribution in [0.4, 0.5) is 0 Å². The molecule has 24 heavy (non-hydrogen) atoms. The predicted molar refractivity (Wildman–Crippen MR) is 97.2 cm³/mol. The molecule has 0 saturated carbocycles. The first-order chi connectivity index (χ1) is 11.2. The van der Waals surface area contributed by atoms with Crippen LogP contribution >= 0.6 is 0 Å². The van der Waals surface area contributed by atoms with E-state index in [-0.39, 0.29) is 11.9 Å². The highest BCUT2D eigenvalue weighted by Crippen LogP contribution is 2.29. The molecule has 1 heterocycles. The van der Waals surface area contributed by atoms with Crippen LogP contribution in [0.5, 0.6) is 0 Å². The molecule has 1 aliphatic heterocycles. The van der Waals surface area contributed by atoms with E-state index in [9.17, 15) is 10.0 Å². The van der Waals surface area contributed by atoms with E-state index in [2.05, 4.69) is 13.8 Å². The zero-order chi connectivity index (χ0) is 17.9. The van der Waals surface area contributed by atoms with Gasteiger partial charge in [0.15, 0.2) is 0 Å². The van der Waals surface area contributed by atoms with E-state index in [1.807, 2.05) is 49.1 Å². The number of carbonyl (C=O) groups excluding carboxylic acids is 1. The fourth-order valence-electron chi connectivity index (χ4n) is 3.72. The maximum absolute atomic E-state index is 13.1. The topological polar surface area (TPSA) is 72.6 Å². The molecule has 1 aromatic carbocycles. The Kier molecular flexibility index (Phi) is 6.01. The number of piperazine rings is 1. The van der Waals surface area contributed by atoms with Gasteiger partial charge in [-0.25, -0.2) is 0 Å². The Hall–Kier alpha value is -1.43. The molecule has 0 spiro atoms. The maximum Gasteiger partial charge on any atom is 0.240 e. The lowest BCUT2D eigenvalue weighted by Crippen LogP contribution is -2.67. The van der Waals surface area contributed by atoms with Crippen LogP contribution in [-0.2, 0) is 11.2 Å². The van der Waals surface area contributed by atoms with Crippen LogP contribution in [0, 0.1) is 11.1 Å². The first-order valence-electron chi connectivity index (χ1n) is 8.75. The van der Waals surface area contributed by atoms with Crippen LogP contribution in [0.3, 0.4) is 0 Å². The summed E-state index contributed by atoms with van der Waals surface area (Å²) in [7, 11) is 0. The van der Waals surface area contributed by atoms with Gasteiger partial charge in [0.2, 0.25) is 5.91 Å². The van der Waals surface area contributed by atoms with E-state index >= 15 is 0 Å². The van der Waals surface area contributed by atoms with Crippen molar-refractivity contribution in [2.45, 2.75) is 58.2 Å². The summed E-state index contributed by atoms with van der Waals surface area (Å²) in [5, 5.41) is 13.1. The highest BCUT2D eigenvalue weighted by molar-refractivity contribution is 5.83. The summed E-state index contributed by atoms with van der Waals surface area (Å²) in [6.45, 7) is 8.83. The van der Waals surface area contributed by atoms with Crippen molar-refractivity contribution in [1.82, 2.24) is 9.96 Å². The lowest BCUT2D eigenvalue weighted by Gasteiger charge is -2.55. The number of rotatable bonds is 5. The quantitative estimate of drug-likeness (QED) is 0.898. The average Bonchev–Trinajstić information content (AvgIpc) is 2.45. The highest BCUT2D eigenvalue weighted by Gasteiger charge is 2.41. The van der Waals surface area contributed by atoms with E-state index in [1.54, 1.807) is 0 Å².